The van der Waals surface area contributed by atoms with Crippen LogP contribution in [-0.4, -0.2) is 25.4 Å². The third-order valence-electron chi connectivity index (χ3n) is 4.86. The minimum atomic E-state index is -3.92. The van der Waals surface area contributed by atoms with Crippen molar-refractivity contribution in [3.63, 3.8) is 0 Å². The van der Waals surface area contributed by atoms with Crippen LogP contribution in [0.15, 0.2) is 74.7 Å². The molecule has 164 valence electrons. The Labute approximate surface area is 188 Å². The van der Waals surface area contributed by atoms with Gasteiger partial charge in [0.1, 0.15) is 10.7 Å². The summed E-state index contributed by atoms with van der Waals surface area (Å²) >= 11 is 6.11. The molecule has 2 aromatic carbocycles. The lowest BCUT2D eigenvalue weighted by Crippen LogP contribution is -2.32. The summed E-state index contributed by atoms with van der Waals surface area (Å²) in [6, 6.07) is 14.0. The number of imide groups is 1. The number of rotatable bonds is 6. The number of nitrogens with one attached hydrogen (secondary N) is 2. The second-order valence-electron chi connectivity index (χ2n) is 6.95. The van der Waals surface area contributed by atoms with E-state index < -0.39 is 21.8 Å². The Kier molecular flexibility index (Phi) is 5.49. The summed E-state index contributed by atoms with van der Waals surface area (Å²) in [6.07, 6.45) is 0. The van der Waals surface area contributed by atoms with Gasteiger partial charge in [-0.1, -0.05) is 35.0 Å². The third-order valence-corrected chi connectivity index (χ3v) is 6.56. The van der Waals surface area contributed by atoms with Crippen molar-refractivity contribution in [3.05, 3.63) is 76.6 Å². The summed E-state index contributed by atoms with van der Waals surface area (Å²) in [5, 5.41) is 6.27. The van der Waals surface area contributed by atoms with Crippen molar-refractivity contribution >= 4 is 50.7 Å². The van der Waals surface area contributed by atoms with Gasteiger partial charge >= 0.3 is 0 Å². The maximum Gasteiger partial charge on any atom is 0.283 e. The van der Waals surface area contributed by atoms with E-state index >= 15 is 0 Å². The minimum Gasteiger partial charge on any atom is -0.350 e. The van der Waals surface area contributed by atoms with E-state index in [4.69, 9.17) is 16.1 Å². The Morgan fingerprint density at radius 1 is 0.969 bits per heavy atom. The lowest BCUT2D eigenvalue weighted by Gasteiger charge is -2.15. The van der Waals surface area contributed by atoms with Gasteiger partial charge in [0.15, 0.2) is 0 Å². The van der Waals surface area contributed by atoms with E-state index in [9.17, 15) is 18.0 Å². The molecule has 3 aromatic rings. The summed E-state index contributed by atoms with van der Waals surface area (Å²) in [4.78, 5) is 26.2. The summed E-state index contributed by atoms with van der Waals surface area (Å²) in [6.45, 7) is 3.39. The Morgan fingerprint density at radius 2 is 1.62 bits per heavy atom. The largest absolute Gasteiger partial charge is 0.350 e. The molecule has 1 aromatic heterocycles. The number of aromatic nitrogens is 1. The monoisotopic (exact) mass is 472 g/mol. The summed E-state index contributed by atoms with van der Waals surface area (Å²) in [7, 11) is -3.92. The maximum absolute atomic E-state index is 12.8. The molecule has 0 unspecified atom stereocenters. The van der Waals surface area contributed by atoms with Crippen LogP contribution in [0.3, 0.4) is 0 Å². The van der Waals surface area contributed by atoms with Crippen molar-refractivity contribution in [1.29, 1.82) is 0 Å². The zero-order valence-electron chi connectivity index (χ0n) is 16.9. The average Bonchev–Trinajstić information content (AvgIpc) is 3.19. The maximum atomic E-state index is 12.8. The van der Waals surface area contributed by atoms with Crippen LogP contribution in [0.5, 0.6) is 0 Å². The Bertz CT molecular complexity index is 1350. The zero-order valence-corrected chi connectivity index (χ0v) is 18.5. The van der Waals surface area contributed by atoms with E-state index in [-0.39, 0.29) is 21.5 Å². The molecule has 0 fully saturated rings. The molecule has 0 aliphatic carbocycles. The SMILES string of the molecule is Cc1noc(NS(=O)(=O)c2ccc(NC3=C(Cl)C(=O)N(c4ccccc4)C3=O)cc2)c1C. The van der Waals surface area contributed by atoms with Crippen LogP contribution in [0.2, 0.25) is 0 Å². The molecule has 4 rings (SSSR count). The van der Waals surface area contributed by atoms with Crippen molar-refractivity contribution in [1.82, 2.24) is 5.16 Å². The highest BCUT2D eigenvalue weighted by Gasteiger charge is 2.38. The number of para-hydroxylation sites is 1. The Balaban J connectivity index is 1.53. The number of anilines is 3. The third kappa shape index (κ3) is 3.85. The van der Waals surface area contributed by atoms with Gasteiger partial charge < -0.3 is 9.84 Å². The first-order valence-electron chi connectivity index (χ1n) is 9.35. The number of carbonyl (C=O) groups is 2. The number of benzene rings is 2. The van der Waals surface area contributed by atoms with Gasteiger partial charge in [-0.05, 0) is 50.2 Å². The van der Waals surface area contributed by atoms with Gasteiger partial charge in [-0.15, -0.1) is 0 Å². The van der Waals surface area contributed by atoms with Gasteiger partial charge in [0, 0.05) is 11.3 Å². The smallest absolute Gasteiger partial charge is 0.283 e. The summed E-state index contributed by atoms with van der Waals surface area (Å²) < 4.78 is 32.6. The normalized spacial score (nSPS) is 14.3. The molecule has 0 atom stereocenters. The average molecular weight is 473 g/mol. The predicted octanol–water partition coefficient (Wildman–Crippen LogP) is 3.53. The second-order valence-corrected chi connectivity index (χ2v) is 9.01. The molecule has 0 radical (unpaired) electrons. The molecule has 2 amide bonds. The second kappa shape index (κ2) is 8.13. The molecule has 11 heteroatoms. The highest BCUT2D eigenvalue weighted by molar-refractivity contribution is 7.92. The van der Waals surface area contributed by atoms with Crippen molar-refractivity contribution in [3.8, 4) is 0 Å². The van der Waals surface area contributed by atoms with Crippen molar-refractivity contribution in [2.45, 2.75) is 18.7 Å². The van der Waals surface area contributed by atoms with E-state index in [1.165, 1.54) is 24.3 Å². The lowest BCUT2D eigenvalue weighted by atomic mass is 10.3. The highest BCUT2D eigenvalue weighted by atomic mass is 35.5. The molecule has 9 nitrogen and oxygen atoms in total. The van der Waals surface area contributed by atoms with Crippen molar-refractivity contribution < 1.29 is 22.5 Å². The number of nitrogens with zero attached hydrogens (tertiary/aromatic N) is 2. The summed E-state index contributed by atoms with van der Waals surface area (Å²) in [5.41, 5.74) is 1.83. The van der Waals surface area contributed by atoms with Crippen LogP contribution >= 0.6 is 11.6 Å². The zero-order chi connectivity index (χ0) is 23.0. The standard InChI is InChI=1S/C21H17ClN4O5S/c1-12-13(2)24-31-19(12)25-32(29,30)16-10-8-14(9-11-16)23-18-17(22)20(27)26(21(18)28)15-6-4-3-5-7-15/h3-11,23,25H,1-2H3. The highest BCUT2D eigenvalue weighted by Crippen LogP contribution is 2.30. The van der Waals surface area contributed by atoms with Gasteiger partial charge in [-0.2, -0.15) is 0 Å². The first-order chi connectivity index (χ1) is 15.2. The Hall–Kier alpha value is -3.63. The van der Waals surface area contributed by atoms with Crippen LogP contribution in [-0.2, 0) is 19.6 Å². The molecule has 32 heavy (non-hydrogen) atoms. The number of carbonyl (C=O) groups excluding carboxylic acids is 2. The summed E-state index contributed by atoms with van der Waals surface area (Å²) in [5.74, 6) is -1.22. The first-order valence-corrected chi connectivity index (χ1v) is 11.2. The van der Waals surface area contributed by atoms with Gasteiger partial charge in [0.25, 0.3) is 21.8 Å². The molecule has 2 heterocycles. The number of halogens is 1. The minimum absolute atomic E-state index is 0.0312. The van der Waals surface area contributed by atoms with E-state index in [0.29, 0.717) is 22.6 Å². The van der Waals surface area contributed by atoms with E-state index in [2.05, 4.69) is 15.2 Å². The number of aryl methyl sites for hydroxylation is 1. The molecular formula is C21H17ClN4O5S. The van der Waals surface area contributed by atoms with Gasteiger partial charge in [0.05, 0.1) is 16.3 Å². The van der Waals surface area contributed by atoms with Gasteiger partial charge in [-0.25, -0.2) is 18.0 Å². The molecule has 0 saturated carbocycles. The number of hydrogen-bond donors (Lipinski definition) is 2. The Morgan fingerprint density at radius 3 is 2.22 bits per heavy atom. The molecule has 0 bridgehead atoms. The molecule has 2 N–H and O–H groups in total. The number of sulfonamides is 1. The first kappa shape index (κ1) is 21.6. The molecular weight excluding hydrogens is 456 g/mol. The fourth-order valence-corrected chi connectivity index (χ4v) is 4.24. The number of hydrogen-bond acceptors (Lipinski definition) is 7. The van der Waals surface area contributed by atoms with E-state index in [0.717, 1.165) is 4.90 Å². The fourth-order valence-electron chi connectivity index (χ4n) is 2.98. The van der Waals surface area contributed by atoms with Crippen LogP contribution in [0, 0.1) is 13.8 Å². The van der Waals surface area contributed by atoms with Crippen LogP contribution in [0.1, 0.15) is 11.3 Å². The van der Waals surface area contributed by atoms with Crippen molar-refractivity contribution in [2.24, 2.45) is 0 Å². The van der Waals surface area contributed by atoms with E-state index in [1.54, 1.807) is 44.2 Å². The molecule has 1 aliphatic heterocycles. The van der Waals surface area contributed by atoms with Crippen LogP contribution in [0.4, 0.5) is 17.3 Å². The van der Waals surface area contributed by atoms with Gasteiger partial charge in [0.2, 0.25) is 5.88 Å². The van der Waals surface area contributed by atoms with E-state index in [1.807, 2.05) is 0 Å². The predicted molar refractivity (Wildman–Crippen MR) is 119 cm³/mol. The molecule has 1 aliphatic rings. The molecule has 0 saturated heterocycles. The fraction of sp³-hybridized carbons (Fsp3) is 0.0952. The van der Waals surface area contributed by atoms with Crippen molar-refractivity contribution in [2.75, 3.05) is 14.9 Å². The van der Waals surface area contributed by atoms with Gasteiger partial charge in [-0.3, -0.25) is 9.59 Å². The van der Waals surface area contributed by atoms with Crippen LogP contribution < -0.4 is 14.9 Å². The van der Waals surface area contributed by atoms with Crippen LogP contribution in [0.25, 0.3) is 0 Å². The quantitative estimate of drug-likeness (QED) is 0.526. The number of amides is 2. The topological polar surface area (TPSA) is 122 Å². The lowest BCUT2D eigenvalue weighted by molar-refractivity contribution is -0.120. The molecule has 0 spiro atoms.